The van der Waals surface area contributed by atoms with Crippen LogP contribution in [0.2, 0.25) is 5.15 Å². The molecule has 2 N–H and O–H groups in total. The number of amides is 1. The molecule has 3 heterocycles. The van der Waals surface area contributed by atoms with Crippen LogP contribution in [0, 0.1) is 0 Å². The molecule has 8 heteroatoms. The number of aromatic nitrogens is 4. The topological polar surface area (TPSA) is 86.8 Å². The third-order valence-electron chi connectivity index (χ3n) is 6.62. The first-order valence-electron chi connectivity index (χ1n) is 12.3. The van der Waals surface area contributed by atoms with E-state index in [9.17, 15) is 4.79 Å². The van der Waals surface area contributed by atoms with Gasteiger partial charge >= 0.3 is 0 Å². The summed E-state index contributed by atoms with van der Waals surface area (Å²) in [5.41, 5.74) is 5.30. The Hall–Kier alpha value is -3.55. The van der Waals surface area contributed by atoms with Crippen LogP contribution in [0.1, 0.15) is 57.5 Å². The molecule has 1 aliphatic carbocycles. The number of nitrogens with zero attached hydrogens (tertiary/aromatic N) is 4. The lowest BCUT2D eigenvalue weighted by atomic mass is 9.90. The Balaban J connectivity index is 1.31. The van der Waals surface area contributed by atoms with Gasteiger partial charge in [0.15, 0.2) is 0 Å². The Morgan fingerprint density at radius 3 is 2.83 bits per heavy atom. The van der Waals surface area contributed by atoms with Gasteiger partial charge in [0, 0.05) is 56.4 Å². The van der Waals surface area contributed by atoms with Crippen LogP contribution in [0.5, 0.6) is 0 Å². The van der Waals surface area contributed by atoms with Crippen molar-refractivity contribution in [3.05, 3.63) is 112 Å². The first-order valence-corrected chi connectivity index (χ1v) is 12.7. The number of benzene rings is 1. The molecule has 7 nitrogen and oxygen atoms in total. The van der Waals surface area contributed by atoms with Gasteiger partial charge in [-0.1, -0.05) is 41.9 Å². The molecule has 0 radical (unpaired) electrons. The van der Waals surface area contributed by atoms with E-state index in [1.807, 2.05) is 24.5 Å². The van der Waals surface area contributed by atoms with Crippen molar-refractivity contribution in [2.24, 2.45) is 0 Å². The second kappa shape index (κ2) is 11.5. The molecule has 0 saturated heterocycles. The molecule has 36 heavy (non-hydrogen) atoms. The summed E-state index contributed by atoms with van der Waals surface area (Å²) in [5.74, 6) is 0.819. The average Bonchev–Trinajstić information content (AvgIpc) is 3.43. The predicted octanol–water partition coefficient (Wildman–Crippen LogP) is 4.91. The van der Waals surface area contributed by atoms with Crippen molar-refractivity contribution >= 4 is 17.5 Å². The number of hydrogen-bond donors (Lipinski definition) is 2. The Morgan fingerprint density at radius 1 is 1.06 bits per heavy atom. The molecule has 1 atom stereocenters. The van der Waals surface area contributed by atoms with E-state index in [2.05, 4.69) is 49.4 Å². The second-order valence-electron chi connectivity index (χ2n) is 9.08. The zero-order valence-electron chi connectivity index (χ0n) is 20.0. The highest BCUT2D eigenvalue weighted by atomic mass is 35.5. The normalized spacial score (nSPS) is 15.0. The van der Waals surface area contributed by atoms with Crippen LogP contribution in [0.25, 0.3) is 0 Å². The fourth-order valence-electron chi connectivity index (χ4n) is 4.87. The highest BCUT2D eigenvalue weighted by Gasteiger charge is 2.27. The third-order valence-corrected chi connectivity index (χ3v) is 6.82. The molecule has 0 fully saturated rings. The van der Waals surface area contributed by atoms with Gasteiger partial charge in [-0.3, -0.25) is 14.7 Å². The predicted molar refractivity (Wildman–Crippen MR) is 139 cm³/mol. The van der Waals surface area contributed by atoms with Crippen LogP contribution in [-0.2, 0) is 25.9 Å². The first kappa shape index (κ1) is 24.2. The Labute approximate surface area is 216 Å². The maximum absolute atomic E-state index is 12.5. The molecule has 1 unspecified atom stereocenters. The minimum absolute atomic E-state index is 0.172. The summed E-state index contributed by atoms with van der Waals surface area (Å²) in [4.78, 5) is 31.4. The van der Waals surface area contributed by atoms with Gasteiger partial charge in [0.05, 0.1) is 11.7 Å². The molecule has 184 valence electrons. The molecule has 5 rings (SSSR count). The molecule has 1 amide bonds. The molecule has 4 aromatic rings. The average molecular weight is 501 g/mol. The summed E-state index contributed by atoms with van der Waals surface area (Å²) in [6.07, 6.45) is 11.3. The molecule has 0 aliphatic heterocycles. The van der Waals surface area contributed by atoms with Gasteiger partial charge in [-0.15, -0.1) is 0 Å². The second-order valence-corrected chi connectivity index (χ2v) is 9.47. The maximum atomic E-state index is 12.5. The Kier molecular flexibility index (Phi) is 7.69. The van der Waals surface area contributed by atoms with E-state index in [1.165, 1.54) is 23.0 Å². The number of aromatic amines is 1. The number of hydrogen-bond acceptors (Lipinski definition) is 5. The largest absolute Gasteiger partial charge is 0.349 e. The summed E-state index contributed by atoms with van der Waals surface area (Å²) < 4.78 is 0. The van der Waals surface area contributed by atoms with Gasteiger partial charge in [-0.25, -0.2) is 9.97 Å². The third kappa shape index (κ3) is 5.98. The van der Waals surface area contributed by atoms with Gasteiger partial charge < -0.3 is 10.3 Å². The smallest absolute Gasteiger partial charge is 0.251 e. The summed E-state index contributed by atoms with van der Waals surface area (Å²) >= 11 is 5.92. The number of imidazole rings is 1. The van der Waals surface area contributed by atoms with Crippen LogP contribution in [-0.4, -0.2) is 37.3 Å². The summed E-state index contributed by atoms with van der Waals surface area (Å²) in [7, 11) is 0. The van der Waals surface area contributed by atoms with Crippen LogP contribution >= 0.6 is 11.6 Å². The van der Waals surface area contributed by atoms with Gasteiger partial charge in [-0.2, -0.15) is 0 Å². The monoisotopic (exact) mass is 500 g/mol. The minimum Gasteiger partial charge on any atom is -0.349 e. The number of carbonyl (C=O) groups excluding carboxylic acids is 1. The van der Waals surface area contributed by atoms with Crippen LogP contribution in [0.4, 0.5) is 0 Å². The van der Waals surface area contributed by atoms with Crippen LogP contribution < -0.4 is 5.32 Å². The van der Waals surface area contributed by atoms with E-state index < -0.39 is 0 Å². The molecule has 1 aliphatic rings. The number of halogens is 1. The number of pyridine rings is 2. The van der Waals surface area contributed by atoms with E-state index in [4.69, 9.17) is 16.6 Å². The molecular formula is C28H29ClN6O. The van der Waals surface area contributed by atoms with Crippen molar-refractivity contribution < 1.29 is 4.79 Å². The van der Waals surface area contributed by atoms with Crippen molar-refractivity contribution in [1.82, 2.24) is 30.2 Å². The first-order chi connectivity index (χ1) is 17.7. The standard InChI is InChI=1S/C28H29ClN6O/c29-25-17-23(9-12-30-25)28(36)34-18-20-4-1-5-21(16-20)19-35(15-10-26-31-13-14-32-26)24-8-2-6-22-7-3-11-33-27(22)24/h1,3-5,7,9,11-14,16-17,24H,2,6,8,10,15,18-19H2,(H,31,32)(H,34,36). The minimum atomic E-state index is -0.172. The van der Waals surface area contributed by atoms with Gasteiger partial charge in [-0.05, 0) is 54.2 Å². The molecule has 1 aromatic carbocycles. The number of nitrogens with one attached hydrogen (secondary N) is 2. The van der Waals surface area contributed by atoms with Crippen molar-refractivity contribution in [3.63, 3.8) is 0 Å². The van der Waals surface area contributed by atoms with Crippen molar-refractivity contribution in [1.29, 1.82) is 0 Å². The van der Waals surface area contributed by atoms with Crippen LogP contribution in [0.15, 0.2) is 73.3 Å². The summed E-state index contributed by atoms with van der Waals surface area (Å²) in [6.45, 7) is 2.11. The lowest BCUT2D eigenvalue weighted by Crippen LogP contribution is -2.33. The number of carbonyl (C=O) groups is 1. The zero-order chi connectivity index (χ0) is 24.7. The lowest BCUT2D eigenvalue weighted by Gasteiger charge is -2.35. The van der Waals surface area contributed by atoms with E-state index in [-0.39, 0.29) is 11.9 Å². The highest BCUT2D eigenvalue weighted by molar-refractivity contribution is 6.29. The van der Waals surface area contributed by atoms with Crippen molar-refractivity contribution in [2.75, 3.05) is 6.54 Å². The van der Waals surface area contributed by atoms with Crippen LogP contribution in [0.3, 0.4) is 0 Å². The fraction of sp³-hybridized carbons (Fsp3) is 0.286. The lowest BCUT2D eigenvalue weighted by molar-refractivity contribution is 0.0950. The number of fused-ring (bicyclic) bond motifs is 1. The van der Waals surface area contributed by atoms with E-state index >= 15 is 0 Å². The molecular weight excluding hydrogens is 472 g/mol. The number of aryl methyl sites for hydroxylation is 1. The summed E-state index contributed by atoms with van der Waals surface area (Å²) in [5, 5.41) is 3.29. The maximum Gasteiger partial charge on any atom is 0.251 e. The van der Waals surface area contributed by atoms with Crippen molar-refractivity contribution in [2.45, 2.75) is 44.8 Å². The summed E-state index contributed by atoms with van der Waals surface area (Å²) in [6, 6.07) is 16.1. The Bertz CT molecular complexity index is 1310. The zero-order valence-corrected chi connectivity index (χ0v) is 20.8. The quantitative estimate of drug-likeness (QED) is 0.319. The highest BCUT2D eigenvalue weighted by Crippen LogP contribution is 2.33. The van der Waals surface area contributed by atoms with E-state index in [1.54, 1.807) is 18.3 Å². The SMILES string of the molecule is O=C(NCc1cccc(CN(CCc2ncc[nH]2)C2CCCc3cccnc32)c1)c1ccnc(Cl)c1. The molecule has 0 spiro atoms. The number of H-pyrrole nitrogens is 1. The van der Waals surface area contributed by atoms with Gasteiger partial charge in [0.25, 0.3) is 5.91 Å². The molecule has 0 saturated carbocycles. The van der Waals surface area contributed by atoms with E-state index in [0.717, 1.165) is 50.2 Å². The molecule has 0 bridgehead atoms. The van der Waals surface area contributed by atoms with Crippen molar-refractivity contribution in [3.8, 4) is 0 Å². The van der Waals surface area contributed by atoms with E-state index in [0.29, 0.717) is 17.3 Å². The molecule has 3 aromatic heterocycles. The fourth-order valence-corrected chi connectivity index (χ4v) is 5.04. The van der Waals surface area contributed by atoms with Gasteiger partial charge in [0.2, 0.25) is 0 Å². The Morgan fingerprint density at radius 2 is 1.97 bits per heavy atom. The van der Waals surface area contributed by atoms with Gasteiger partial charge in [0.1, 0.15) is 11.0 Å². The number of rotatable bonds is 9.